The molecule has 4 rings (SSSR count). The highest BCUT2D eigenvalue weighted by molar-refractivity contribution is 6.00. The van der Waals surface area contributed by atoms with Crippen molar-refractivity contribution in [2.75, 3.05) is 0 Å². The summed E-state index contributed by atoms with van der Waals surface area (Å²) in [7, 11) is 0. The molecule has 0 spiro atoms. The molecule has 0 bridgehead atoms. The Bertz CT molecular complexity index is 907. The molecule has 0 saturated heterocycles. The van der Waals surface area contributed by atoms with Crippen LogP contribution in [0, 0.1) is 0 Å². The van der Waals surface area contributed by atoms with Crippen molar-refractivity contribution in [1.82, 2.24) is 9.55 Å². The zero-order valence-electron chi connectivity index (χ0n) is 13.5. The van der Waals surface area contributed by atoms with Gasteiger partial charge in [-0.3, -0.25) is 4.79 Å². The summed E-state index contributed by atoms with van der Waals surface area (Å²) in [5.41, 5.74) is 5.45. The second-order valence-corrected chi connectivity index (χ2v) is 6.10. The van der Waals surface area contributed by atoms with Crippen LogP contribution in [-0.2, 0) is 0 Å². The zero-order chi connectivity index (χ0) is 16.5. The highest BCUT2D eigenvalue weighted by atomic mass is 16.1. The van der Waals surface area contributed by atoms with Crippen molar-refractivity contribution in [3.63, 3.8) is 0 Å². The number of nitrogens with zero attached hydrogens (tertiary/aromatic N) is 2. The van der Waals surface area contributed by atoms with Crippen LogP contribution in [0.2, 0.25) is 0 Å². The lowest BCUT2D eigenvalue weighted by molar-refractivity contribution is 0.0972. The summed E-state index contributed by atoms with van der Waals surface area (Å²) in [6.07, 6.45) is 4.15. The van der Waals surface area contributed by atoms with E-state index >= 15 is 0 Å². The summed E-state index contributed by atoms with van der Waals surface area (Å²) < 4.78 is 2.12. The smallest absolute Gasteiger partial charge is 0.165 e. The van der Waals surface area contributed by atoms with Gasteiger partial charge in [-0.1, -0.05) is 60.7 Å². The standard InChI is InChI=1S/C21H18N2O/c1-15-19-13-22-14-23(19)18(21(15)17-10-6-3-7-11-17)12-20(24)16-8-4-2-5-9-16/h2-11,13-14,18H,12H2,1H3. The van der Waals surface area contributed by atoms with Crippen LogP contribution in [0.5, 0.6) is 0 Å². The Morgan fingerprint density at radius 1 is 1.04 bits per heavy atom. The second-order valence-electron chi connectivity index (χ2n) is 6.10. The van der Waals surface area contributed by atoms with Gasteiger partial charge in [0.25, 0.3) is 0 Å². The first-order valence-corrected chi connectivity index (χ1v) is 8.12. The number of benzene rings is 2. The fourth-order valence-electron chi connectivity index (χ4n) is 3.51. The van der Waals surface area contributed by atoms with Crippen molar-refractivity contribution in [3.05, 3.63) is 90.0 Å². The Morgan fingerprint density at radius 2 is 1.71 bits per heavy atom. The topological polar surface area (TPSA) is 34.9 Å². The average Bonchev–Trinajstić information content (AvgIpc) is 3.20. The van der Waals surface area contributed by atoms with Crippen molar-refractivity contribution in [1.29, 1.82) is 0 Å². The molecule has 24 heavy (non-hydrogen) atoms. The van der Waals surface area contributed by atoms with Gasteiger partial charge in [-0.25, -0.2) is 4.98 Å². The molecule has 118 valence electrons. The van der Waals surface area contributed by atoms with E-state index < -0.39 is 0 Å². The highest BCUT2D eigenvalue weighted by Gasteiger charge is 2.31. The number of allylic oxidation sites excluding steroid dienone is 2. The minimum atomic E-state index is -0.00222. The van der Waals surface area contributed by atoms with Crippen LogP contribution >= 0.6 is 0 Å². The molecule has 1 aliphatic heterocycles. The minimum Gasteiger partial charge on any atom is -0.323 e. The average molecular weight is 314 g/mol. The second kappa shape index (κ2) is 5.93. The van der Waals surface area contributed by atoms with E-state index in [1.54, 1.807) is 0 Å². The summed E-state index contributed by atoms with van der Waals surface area (Å²) >= 11 is 0. The maximum Gasteiger partial charge on any atom is 0.165 e. The number of carbonyl (C=O) groups excluding carboxylic acids is 1. The van der Waals surface area contributed by atoms with Gasteiger partial charge in [0.15, 0.2) is 5.78 Å². The van der Waals surface area contributed by atoms with E-state index in [1.165, 1.54) is 16.7 Å². The Hall–Kier alpha value is -2.94. The van der Waals surface area contributed by atoms with Crippen LogP contribution in [0.1, 0.15) is 41.0 Å². The molecule has 3 aromatic rings. The van der Waals surface area contributed by atoms with Crippen LogP contribution < -0.4 is 0 Å². The van der Waals surface area contributed by atoms with Crippen molar-refractivity contribution < 1.29 is 4.79 Å². The summed E-state index contributed by atoms with van der Waals surface area (Å²) in [6.45, 7) is 2.11. The van der Waals surface area contributed by atoms with Crippen molar-refractivity contribution in [2.24, 2.45) is 0 Å². The lowest BCUT2D eigenvalue weighted by atomic mass is 9.92. The van der Waals surface area contributed by atoms with Crippen LogP contribution in [0.25, 0.3) is 11.1 Å². The summed E-state index contributed by atoms with van der Waals surface area (Å²) in [6, 6.07) is 19.8. The molecule has 0 fully saturated rings. The first-order chi connectivity index (χ1) is 11.8. The Balaban J connectivity index is 1.74. The molecule has 0 radical (unpaired) electrons. The predicted molar refractivity (Wildman–Crippen MR) is 95.6 cm³/mol. The van der Waals surface area contributed by atoms with Crippen LogP contribution in [0.4, 0.5) is 0 Å². The van der Waals surface area contributed by atoms with Gasteiger partial charge >= 0.3 is 0 Å². The maximum absolute atomic E-state index is 12.8. The molecule has 0 amide bonds. The minimum absolute atomic E-state index is 0.00222. The fourth-order valence-corrected chi connectivity index (χ4v) is 3.51. The molecule has 1 atom stereocenters. The normalized spacial score (nSPS) is 16.3. The van der Waals surface area contributed by atoms with Crippen LogP contribution in [-0.4, -0.2) is 15.3 Å². The molecular formula is C21H18N2O. The Kier molecular flexibility index (Phi) is 3.62. The number of rotatable bonds is 4. The van der Waals surface area contributed by atoms with Gasteiger partial charge in [0.2, 0.25) is 0 Å². The fraction of sp³-hybridized carbons (Fsp3) is 0.143. The number of carbonyl (C=O) groups is 1. The molecular weight excluding hydrogens is 296 g/mol. The molecule has 3 nitrogen and oxygen atoms in total. The first kappa shape index (κ1) is 14.6. The number of ketones is 1. The van der Waals surface area contributed by atoms with Gasteiger partial charge in [-0.2, -0.15) is 0 Å². The van der Waals surface area contributed by atoms with E-state index in [2.05, 4.69) is 28.6 Å². The summed E-state index contributed by atoms with van der Waals surface area (Å²) in [5.74, 6) is 0.156. The first-order valence-electron chi connectivity index (χ1n) is 8.12. The SMILES string of the molecule is CC1=C(c2ccccc2)C(CC(=O)c2ccccc2)n2cncc21. The summed E-state index contributed by atoms with van der Waals surface area (Å²) in [4.78, 5) is 17.0. The van der Waals surface area contributed by atoms with Gasteiger partial charge in [-0.05, 0) is 23.6 Å². The third-order valence-electron chi connectivity index (χ3n) is 4.68. The Labute approximate surface area is 141 Å². The van der Waals surface area contributed by atoms with E-state index in [0.29, 0.717) is 6.42 Å². The van der Waals surface area contributed by atoms with E-state index in [0.717, 1.165) is 11.3 Å². The lowest BCUT2D eigenvalue weighted by Gasteiger charge is -2.18. The van der Waals surface area contributed by atoms with Crippen molar-refractivity contribution >= 4 is 16.9 Å². The molecule has 2 heterocycles. The summed E-state index contributed by atoms with van der Waals surface area (Å²) in [5, 5.41) is 0. The molecule has 3 heteroatoms. The molecule has 2 aromatic carbocycles. The van der Waals surface area contributed by atoms with Crippen molar-refractivity contribution in [3.8, 4) is 0 Å². The van der Waals surface area contributed by atoms with E-state index in [4.69, 9.17) is 0 Å². The highest BCUT2D eigenvalue weighted by Crippen LogP contribution is 2.43. The zero-order valence-corrected chi connectivity index (χ0v) is 13.5. The predicted octanol–water partition coefficient (Wildman–Crippen LogP) is 4.64. The van der Waals surface area contributed by atoms with Gasteiger partial charge in [0.1, 0.15) is 0 Å². The molecule has 0 N–H and O–H groups in total. The van der Waals surface area contributed by atoms with Gasteiger partial charge in [-0.15, -0.1) is 0 Å². The largest absolute Gasteiger partial charge is 0.323 e. The van der Waals surface area contributed by atoms with E-state index in [9.17, 15) is 4.79 Å². The number of Topliss-reactive ketones (excluding diaryl/α,β-unsaturated/α-hetero) is 1. The van der Waals surface area contributed by atoms with Crippen LogP contribution in [0.15, 0.2) is 73.2 Å². The lowest BCUT2D eigenvalue weighted by Crippen LogP contribution is -2.13. The van der Waals surface area contributed by atoms with E-state index in [1.807, 2.05) is 61.1 Å². The number of imidazole rings is 1. The number of hydrogen-bond acceptors (Lipinski definition) is 2. The molecule has 0 aliphatic carbocycles. The van der Waals surface area contributed by atoms with Gasteiger partial charge in [0.05, 0.1) is 24.3 Å². The molecule has 1 aliphatic rings. The van der Waals surface area contributed by atoms with Crippen LogP contribution in [0.3, 0.4) is 0 Å². The molecule has 0 saturated carbocycles. The molecule has 1 unspecified atom stereocenters. The van der Waals surface area contributed by atoms with E-state index in [-0.39, 0.29) is 11.8 Å². The molecule has 1 aromatic heterocycles. The monoisotopic (exact) mass is 314 g/mol. The number of aromatic nitrogens is 2. The third-order valence-corrected chi connectivity index (χ3v) is 4.68. The third kappa shape index (κ3) is 2.38. The van der Waals surface area contributed by atoms with Gasteiger partial charge < -0.3 is 4.57 Å². The van der Waals surface area contributed by atoms with Gasteiger partial charge in [0, 0.05) is 12.0 Å². The van der Waals surface area contributed by atoms with Crippen molar-refractivity contribution in [2.45, 2.75) is 19.4 Å². The quantitative estimate of drug-likeness (QED) is 0.657. The number of fused-ring (bicyclic) bond motifs is 1. The maximum atomic E-state index is 12.8. The Morgan fingerprint density at radius 3 is 2.42 bits per heavy atom. The number of hydrogen-bond donors (Lipinski definition) is 0.